The lowest BCUT2D eigenvalue weighted by Crippen LogP contribution is -2.00. The molecular formula is C16H10O5. The van der Waals surface area contributed by atoms with E-state index < -0.39 is 5.97 Å². The predicted octanol–water partition coefficient (Wildman–Crippen LogP) is 2.86. The highest BCUT2D eigenvalue weighted by Crippen LogP contribution is 2.24. The molecule has 0 aliphatic rings. The van der Waals surface area contributed by atoms with E-state index in [4.69, 9.17) is 9.52 Å². The first-order valence-corrected chi connectivity index (χ1v) is 6.15. The molecule has 2 N–H and O–H groups in total. The van der Waals surface area contributed by atoms with Gasteiger partial charge in [-0.05, 0) is 24.3 Å². The first-order valence-electron chi connectivity index (χ1n) is 6.15. The standard InChI is InChI=1S/C16H10O5/c17-11-5-6-12-13(18)8-14(21-15(12)7-11)9-1-3-10(4-2-9)16(19)20/h1-8,17H,(H,19,20). The van der Waals surface area contributed by atoms with Crippen molar-refractivity contribution in [3.8, 4) is 17.1 Å². The van der Waals surface area contributed by atoms with E-state index in [0.29, 0.717) is 16.7 Å². The van der Waals surface area contributed by atoms with Crippen molar-refractivity contribution in [2.75, 3.05) is 0 Å². The number of aromatic hydroxyl groups is 1. The Morgan fingerprint density at radius 2 is 1.71 bits per heavy atom. The van der Waals surface area contributed by atoms with Crippen LogP contribution < -0.4 is 5.43 Å². The Labute approximate surface area is 118 Å². The summed E-state index contributed by atoms with van der Waals surface area (Å²) in [5.41, 5.74) is 0.787. The number of aromatic carboxylic acids is 1. The van der Waals surface area contributed by atoms with Crippen molar-refractivity contribution in [2.24, 2.45) is 0 Å². The summed E-state index contributed by atoms with van der Waals surface area (Å²) in [4.78, 5) is 22.8. The average Bonchev–Trinajstić information content (AvgIpc) is 2.46. The summed E-state index contributed by atoms with van der Waals surface area (Å²) in [5, 5.41) is 18.7. The van der Waals surface area contributed by atoms with E-state index in [1.165, 1.54) is 36.4 Å². The molecule has 3 rings (SSSR count). The van der Waals surface area contributed by atoms with Gasteiger partial charge in [-0.15, -0.1) is 0 Å². The van der Waals surface area contributed by atoms with Gasteiger partial charge in [-0.1, -0.05) is 12.1 Å². The second kappa shape index (κ2) is 4.79. The van der Waals surface area contributed by atoms with Crippen LogP contribution in [0.25, 0.3) is 22.3 Å². The van der Waals surface area contributed by atoms with Gasteiger partial charge in [0, 0.05) is 17.7 Å². The van der Waals surface area contributed by atoms with Gasteiger partial charge in [0.05, 0.1) is 10.9 Å². The van der Waals surface area contributed by atoms with Crippen LogP contribution in [0.3, 0.4) is 0 Å². The summed E-state index contributed by atoms with van der Waals surface area (Å²) < 4.78 is 5.60. The zero-order valence-corrected chi connectivity index (χ0v) is 10.7. The van der Waals surface area contributed by atoms with E-state index in [0.717, 1.165) is 0 Å². The van der Waals surface area contributed by atoms with Gasteiger partial charge in [0.25, 0.3) is 0 Å². The molecule has 0 radical (unpaired) electrons. The highest BCUT2D eigenvalue weighted by molar-refractivity contribution is 5.88. The Hall–Kier alpha value is -3.08. The Morgan fingerprint density at radius 3 is 2.38 bits per heavy atom. The van der Waals surface area contributed by atoms with Gasteiger partial charge >= 0.3 is 5.97 Å². The number of hydrogen-bond donors (Lipinski definition) is 2. The fourth-order valence-corrected chi connectivity index (χ4v) is 2.06. The van der Waals surface area contributed by atoms with Crippen molar-refractivity contribution in [2.45, 2.75) is 0 Å². The number of rotatable bonds is 2. The number of phenols is 1. The van der Waals surface area contributed by atoms with Gasteiger partial charge in [0.15, 0.2) is 5.43 Å². The van der Waals surface area contributed by atoms with Gasteiger partial charge in [0.1, 0.15) is 17.1 Å². The van der Waals surface area contributed by atoms with Crippen LogP contribution in [0.15, 0.2) is 57.7 Å². The molecule has 1 heterocycles. The number of phenolic OH excluding ortho intramolecular Hbond substituents is 1. The van der Waals surface area contributed by atoms with Crippen LogP contribution >= 0.6 is 0 Å². The maximum Gasteiger partial charge on any atom is 0.335 e. The fourth-order valence-electron chi connectivity index (χ4n) is 2.06. The van der Waals surface area contributed by atoms with Gasteiger partial charge in [-0.3, -0.25) is 4.79 Å². The van der Waals surface area contributed by atoms with Crippen LogP contribution in [0.5, 0.6) is 5.75 Å². The van der Waals surface area contributed by atoms with E-state index in [1.807, 2.05) is 0 Å². The lowest BCUT2D eigenvalue weighted by Gasteiger charge is -2.04. The van der Waals surface area contributed by atoms with Gasteiger partial charge in [0.2, 0.25) is 0 Å². The molecule has 1 aromatic heterocycles. The van der Waals surface area contributed by atoms with Gasteiger partial charge in [-0.2, -0.15) is 0 Å². The number of fused-ring (bicyclic) bond motifs is 1. The lowest BCUT2D eigenvalue weighted by atomic mass is 10.1. The second-order valence-electron chi connectivity index (χ2n) is 4.54. The Morgan fingerprint density at radius 1 is 1.00 bits per heavy atom. The smallest absolute Gasteiger partial charge is 0.335 e. The van der Waals surface area contributed by atoms with Crippen LogP contribution in [0, 0.1) is 0 Å². The number of carboxylic acid groups (broad SMARTS) is 1. The first kappa shape index (κ1) is 12.9. The van der Waals surface area contributed by atoms with Gasteiger partial charge in [-0.25, -0.2) is 4.79 Å². The molecule has 0 fully saturated rings. The first-order chi connectivity index (χ1) is 10.0. The van der Waals surface area contributed by atoms with E-state index in [1.54, 1.807) is 12.1 Å². The molecule has 0 atom stereocenters. The largest absolute Gasteiger partial charge is 0.508 e. The van der Waals surface area contributed by atoms with Crippen molar-refractivity contribution in [3.05, 3.63) is 64.3 Å². The zero-order chi connectivity index (χ0) is 15.0. The van der Waals surface area contributed by atoms with Crippen molar-refractivity contribution in [1.82, 2.24) is 0 Å². The minimum absolute atomic E-state index is 0.00373. The molecule has 104 valence electrons. The van der Waals surface area contributed by atoms with Crippen LogP contribution in [0.4, 0.5) is 0 Å². The third kappa shape index (κ3) is 2.36. The Kier molecular flexibility index (Phi) is 2.95. The van der Waals surface area contributed by atoms with Gasteiger partial charge < -0.3 is 14.6 Å². The highest BCUT2D eigenvalue weighted by Gasteiger charge is 2.09. The quantitative estimate of drug-likeness (QED) is 0.754. The number of carboxylic acids is 1. The highest BCUT2D eigenvalue weighted by atomic mass is 16.4. The molecule has 0 spiro atoms. The Bertz CT molecular complexity index is 891. The molecule has 0 amide bonds. The molecule has 0 aliphatic carbocycles. The molecule has 0 bridgehead atoms. The van der Waals surface area contributed by atoms with Crippen LogP contribution in [0.1, 0.15) is 10.4 Å². The molecule has 0 unspecified atom stereocenters. The van der Waals surface area contributed by atoms with E-state index in [-0.39, 0.29) is 22.3 Å². The van der Waals surface area contributed by atoms with E-state index in [9.17, 15) is 14.7 Å². The van der Waals surface area contributed by atoms with Crippen molar-refractivity contribution in [3.63, 3.8) is 0 Å². The lowest BCUT2D eigenvalue weighted by molar-refractivity contribution is 0.0697. The van der Waals surface area contributed by atoms with Crippen LogP contribution in [-0.2, 0) is 0 Å². The monoisotopic (exact) mass is 282 g/mol. The van der Waals surface area contributed by atoms with Crippen molar-refractivity contribution >= 4 is 16.9 Å². The van der Waals surface area contributed by atoms with Crippen LogP contribution in [0.2, 0.25) is 0 Å². The summed E-state index contributed by atoms with van der Waals surface area (Å²) in [6.45, 7) is 0. The fraction of sp³-hybridized carbons (Fsp3) is 0. The molecule has 2 aromatic carbocycles. The molecule has 5 nitrogen and oxygen atoms in total. The van der Waals surface area contributed by atoms with Crippen molar-refractivity contribution in [1.29, 1.82) is 0 Å². The minimum Gasteiger partial charge on any atom is -0.508 e. The third-order valence-corrected chi connectivity index (χ3v) is 3.13. The van der Waals surface area contributed by atoms with E-state index >= 15 is 0 Å². The zero-order valence-electron chi connectivity index (χ0n) is 10.7. The normalized spacial score (nSPS) is 10.7. The molecule has 0 saturated heterocycles. The summed E-state index contributed by atoms with van der Waals surface area (Å²) in [5.74, 6) is -0.703. The number of hydrogen-bond acceptors (Lipinski definition) is 4. The molecule has 3 aromatic rings. The molecule has 5 heteroatoms. The maximum absolute atomic E-state index is 12.0. The topological polar surface area (TPSA) is 87.7 Å². The summed E-state index contributed by atoms with van der Waals surface area (Å²) >= 11 is 0. The second-order valence-corrected chi connectivity index (χ2v) is 4.54. The maximum atomic E-state index is 12.0. The summed E-state index contributed by atoms with van der Waals surface area (Å²) in [6, 6.07) is 11.6. The molecule has 0 saturated carbocycles. The molecule has 21 heavy (non-hydrogen) atoms. The Balaban J connectivity index is 2.16. The van der Waals surface area contributed by atoms with Crippen LogP contribution in [-0.4, -0.2) is 16.2 Å². The number of carbonyl (C=O) groups is 1. The minimum atomic E-state index is -1.02. The van der Waals surface area contributed by atoms with E-state index in [2.05, 4.69) is 0 Å². The summed E-state index contributed by atoms with van der Waals surface area (Å²) in [6.07, 6.45) is 0. The average molecular weight is 282 g/mol. The SMILES string of the molecule is O=C(O)c1ccc(-c2cc(=O)c3ccc(O)cc3o2)cc1. The molecule has 0 aliphatic heterocycles. The van der Waals surface area contributed by atoms with Crippen molar-refractivity contribution < 1.29 is 19.4 Å². The number of benzene rings is 2. The molecular weight excluding hydrogens is 272 g/mol. The predicted molar refractivity (Wildman–Crippen MR) is 76.5 cm³/mol. The third-order valence-electron chi connectivity index (χ3n) is 3.13. The summed E-state index contributed by atoms with van der Waals surface area (Å²) in [7, 11) is 0.